The summed E-state index contributed by atoms with van der Waals surface area (Å²) in [6.07, 6.45) is 0.853. The molecule has 1 aromatic heterocycles. The van der Waals surface area contributed by atoms with Crippen molar-refractivity contribution in [3.05, 3.63) is 46.7 Å². The zero-order valence-electron chi connectivity index (χ0n) is 11.0. The van der Waals surface area contributed by atoms with Gasteiger partial charge in [0.05, 0.1) is 35.1 Å². The molecule has 104 valence electrons. The topological polar surface area (TPSA) is 71.1 Å². The second-order valence-corrected chi connectivity index (χ2v) is 4.77. The molecule has 2 aromatic rings. The molecule has 1 unspecified atom stereocenters. The number of halogens is 1. The summed E-state index contributed by atoms with van der Waals surface area (Å²) in [6, 6.07) is 8.75. The van der Waals surface area contributed by atoms with Crippen LogP contribution < -0.4 is 4.74 Å². The van der Waals surface area contributed by atoms with E-state index in [0.717, 1.165) is 5.69 Å². The SMILES string of the molecule is Cc1c(Cl)cnn1CC(O)COc1ccc(C#N)cc1. The van der Waals surface area contributed by atoms with Gasteiger partial charge >= 0.3 is 0 Å². The minimum Gasteiger partial charge on any atom is -0.491 e. The molecular formula is C14H14ClN3O2. The number of benzene rings is 1. The van der Waals surface area contributed by atoms with E-state index in [4.69, 9.17) is 21.6 Å². The van der Waals surface area contributed by atoms with Crippen LogP contribution in [0.5, 0.6) is 5.75 Å². The molecule has 6 heteroatoms. The summed E-state index contributed by atoms with van der Waals surface area (Å²) in [5.41, 5.74) is 1.38. The molecule has 1 N–H and O–H groups in total. The minimum absolute atomic E-state index is 0.142. The van der Waals surface area contributed by atoms with Gasteiger partial charge in [0.25, 0.3) is 0 Å². The normalized spacial score (nSPS) is 11.9. The Morgan fingerprint density at radius 1 is 1.45 bits per heavy atom. The Balaban J connectivity index is 1.87. The van der Waals surface area contributed by atoms with Gasteiger partial charge in [0.1, 0.15) is 18.5 Å². The fourth-order valence-corrected chi connectivity index (χ4v) is 1.82. The van der Waals surface area contributed by atoms with Crippen LogP contribution in [-0.4, -0.2) is 27.6 Å². The number of nitrogens with zero attached hydrogens (tertiary/aromatic N) is 3. The smallest absolute Gasteiger partial charge is 0.119 e. The molecule has 0 amide bonds. The van der Waals surface area contributed by atoms with Crippen molar-refractivity contribution in [1.29, 1.82) is 5.26 Å². The highest BCUT2D eigenvalue weighted by Gasteiger charge is 2.10. The lowest BCUT2D eigenvalue weighted by Crippen LogP contribution is -2.24. The van der Waals surface area contributed by atoms with Gasteiger partial charge in [0.2, 0.25) is 0 Å². The largest absolute Gasteiger partial charge is 0.491 e. The predicted molar refractivity (Wildman–Crippen MR) is 74.6 cm³/mol. The number of ether oxygens (including phenoxy) is 1. The fraction of sp³-hybridized carbons (Fsp3) is 0.286. The molecular weight excluding hydrogens is 278 g/mol. The van der Waals surface area contributed by atoms with Crippen LogP contribution in [0.25, 0.3) is 0 Å². The molecule has 0 aliphatic carbocycles. The Hall–Kier alpha value is -2.03. The number of aromatic nitrogens is 2. The average molecular weight is 292 g/mol. The van der Waals surface area contributed by atoms with E-state index in [-0.39, 0.29) is 6.61 Å². The molecule has 5 nitrogen and oxygen atoms in total. The van der Waals surface area contributed by atoms with E-state index in [1.807, 2.05) is 13.0 Å². The monoisotopic (exact) mass is 291 g/mol. The Kier molecular flexibility index (Phi) is 4.61. The first-order chi connectivity index (χ1) is 9.60. The van der Waals surface area contributed by atoms with Gasteiger partial charge in [-0.25, -0.2) is 0 Å². The maximum absolute atomic E-state index is 9.92. The molecule has 1 heterocycles. The Bertz CT molecular complexity index is 616. The summed E-state index contributed by atoms with van der Waals surface area (Å²) < 4.78 is 7.09. The van der Waals surface area contributed by atoms with Crippen LogP contribution in [0.3, 0.4) is 0 Å². The lowest BCUT2D eigenvalue weighted by Gasteiger charge is -2.13. The lowest BCUT2D eigenvalue weighted by molar-refractivity contribution is 0.0888. The zero-order chi connectivity index (χ0) is 14.5. The van der Waals surface area contributed by atoms with Gasteiger partial charge in [-0.1, -0.05) is 11.6 Å². The van der Waals surface area contributed by atoms with Gasteiger partial charge in [0.15, 0.2) is 0 Å². The molecule has 20 heavy (non-hydrogen) atoms. The summed E-state index contributed by atoms with van der Waals surface area (Å²) in [6.45, 7) is 2.29. The van der Waals surface area contributed by atoms with Crippen molar-refractivity contribution in [2.75, 3.05) is 6.61 Å². The first-order valence-corrected chi connectivity index (χ1v) is 6.47. The number of hydrogen-bond acceptors (Lipinski definition) is 4. The predicted octanol–water partition coefficient (Wildman–Crippen LogP) is 2.16. The number of hydrogen-bond donors (Lipinski definition) is 1. The summed E-state index contributed by atoms with van der Waals surface area (Å²) in [5.74, 6) is 0.610. The molecule has 0 aliphatic heterocycles. The van der Waals surface area contributed by atoms with Crippen molar-refractivity contribution in [3.63, 3.8) is 0 Å². The van der Waals surface area contributed by atoms with Crippen LogP contribution in [0.15, 0.2) is 30.5 Å². The molecule has 2 rings (SSSR count). The highest BCUT2D eigenvalue weighted by atomic mass is 35.5. The van der Waals surface area contributed by atoms with E-state index >= 15 is 0 Å². The van der Waals surface area contributed by atoms with Gasteiger partial charge in [-0.15, -0.1) is 0 Å². The van der Waals surface area contributed by atoms with Crippen molar-refractivity contribution in [1.82, 2.24) is 9.78 Å². The van der Waals surface area contributed by atoms with E-state index in [9.17, 15) is 5.11 Å². The molecule has 0 spiro atoms. The first kappa shape index (κ1) is 14.4. The zero-order valence-corrected chi connectivity index (χ0v) is 11.7. The second kappa shape index (κ2) is 6.42. The Labute approximate surface area is 122 Å². The third kappa shape index (κ3) is 3.50. The van der Waals surface area contributed by atoms with Gasteiger partial charge < -0.3 is 9.84 Å². The van der Waals surface area contributed by atoms with Crippen molar-refractivity contribution in [3.8, 4) is 11.8 Å². The quantitative estimate of drug-likeness (QED) is 0.916. The third-order valence-electron chi connectivity index (χ3n) is 2.85. The van der Waals surface area contributed by atoms with Crippen molar-refractivity contribution < 1.29 is 9.84 Å². The minimum atomic E-state index is -0.694. The highest BCUT2D eigenvalue weighted by molar-refractivity contribution is 6.31. The molecule has 0 saturated carbocycles. The summed E-state index contributed by atoms with van der Waals surface area (Å²) >= 11 is 5.89. The van der Waals surface area contributed by atoms with E-state index in [2.05, 4.69) is 5.10 Å². The standard InChI is InChI=1S/C14H14ClN3O2/c1-10-14(15)7-17-18(10)8-12(19)9-20-13-4-2-11(6-16)3-5-13/h2-5,7,12,19H,8-9H2,1H3. The second-order valence-electron chi connectivity index (χ2n) is 4.36. The lowest BCUT2D eigenvalue weighted by atomic mass is 10.2. The molecule has 0 fully saturated rings. The van der Waals surface area contributed by atoms with Crippen LogP contribution in [0.4, 0.5) is 0 Å². The summed E-state index contributed by atoms with van der Waals surface area (Å²) in [5, 5.41) is 23.2. The molecule has 0 radical (unpaired) electrons. The highest BCUT2D eigenvalue weighted by Crippen LogP contribution is 2.14. The van der Waals surface area contributed by atoms with Crippen LogP contribution in [-0.2, 0) is 6.54 Å². The maximum atomic E-state index is 9.92. The number of rotatable bonds is 5. The number of aliphatic hydroxyl groups excluding tert-OH is 1. The van der Waals surface area contributed by atoms with Crippen molar-refractivity contribution >= 4 is 11.6 Å². The van der Waals surface area contributed by atoms with Crippen molar-refractivity contribution in [2.45, 2.75) is 19.6 Å². The van der Waals surface area contributed by atoms with Crippen molar-refractivity contribution in [2.24, 2.45) is 0 Å². The maximum Gasteiger partial charge on any atom is 0.119 e. The van der Waals surface area contributed by atoms with Crippen LogP contribution in [0.1, 0.15) is 11.3 Å². The van der Waals surface area contributed by atoms with E-state index < -0.39 is 6.10 Å². The van der Waals surface area contributed by atoms with E-state index in [0.29, 0.717) is 22.9 Å². The van der Waals surface area contributed by atoms with Gasteiger partial charge in [-0.2, -0.15) is 10.4 Å². The third-order valence-corrected chi connectivity index (χ3v) is 3.22. The molecule has 1 atom stereocenters. The van der Waals surface area contributed by atoms with Crippen LogP contribution in [0, 0.1) is 18.3 Å². The fourth-order valence-electron chi connectivity index (χ4n) is 1.68. The average Bonchev–Trinajstić information content (AvgIpc) is 2.78. The Morgan fingerprint density at radius 3 is 2.70 bits per heavy atom. The first-order valence-electron chi connectivity index (χ1n) is 6.09. The Morgan fingerprint density at radius 2 is 2.15 bits per heavy atom. The van der Waals surface area contributed by atoms with Crippen LogP contribution in [0.2, 0.25) is 5.02 Å². The van der Waals surface area contributed by atoms with E-state index in [1.54, 1.807) is 35.1 Å². The molecule has 1 aromatic carbocycles. The van der Waals surface area contributed by atoms with Crippen LogP contribution >= 0.6 is 11.6 Å². The number of aliphatic hydroxyl groups is 1. The summed E-state index contributed by atoms with van der Waals surface area (Å²) in [7, 11) is 0. The number of nitriles is 1. The van der Waals surface area contributed by atoms with Gasteiger partial charge in [-0.3, -0.25) is 4.68 Å². The molecule has 0 aliphatic rings. The molecule has 0 saturated heterocycles. The van der Waals surface area contributed by atoms with Gasteiger partial charge in [0, 0.05) is 0 Å². The molecule has 0 bridgehead atoms. The van der Waals surface area contributed by atoms with Gasteiger partial charge in [-0.05, 0) is 31.2 Å². The van der Waals surface area contributed by atoms with E-state index in [1.165, 1.54) is 0 Å². The summed E-state index contributed by atoms with van der Waals surface area (Å²) in [4.78, 5) is 0.